The largest absolute Gasteiger partial charge is 0.474 e. The number of hydrogen-bond acceptors (Lipinski definition) is 10. The van der Waals surface area contributed by atoms with Crippen LogP contribution in [0.25, 0.3) is 0 Å². The maximum atomic E-state index is 13.7. The SMILES string of the molecule is COCCOc1ccc(N2CCN(c3nc4c(c(Nc5cccc(F)c5)n3)S(=O)CC4)CC2)nn1. The summed E-state index contributed by atoms with van der Waals surface area (Å²) in [5, 5.41) is 11.6. The Morgan fingerprint density at radius 3 is 2.63 bits per heavy atom. The van der Waals surface area contributed by atoms with Gasteiger partial charge in [-0.05, 0) is 24.3 Å². The van der Waals surface area contributed by atoms with Crippen LogP contribution in [0.4, 0.5) is 27.7 Å². The first-order chi connectivity index (χ1) is 17.1. The summed E-state index contributed by atoms with van der Waals surface area (Å²) in [5.41, 5.74) is 1.34. The molecule has 12 heteroatoms. The molecule has 0 spiro atoms. The summed E-state index contributed by atoms with van der Waals surface area (Å²) in [5.74, 6) is 2.46. The van der Waals surface area contributed by atoms with Gasteiger partial charge in [-0.2, -0.15) is 4.98 Å². The highest BCUT2D eigenvalue weighted by Gasteiger charge is 2.28. The van der Waals surface area contributed by atoms with E-state index in [1.165, 1.54) is 12.1 Å². The Bertz CT molecular complexity index is 1210. The second-order valence-corrected chi connectivity index (χ2v) is 9.64. The minimum atomic E-state index is -1.18. The molecule has 2 aliphatic heterocycles. The molecule has 0 radical (unpaired) electrons. The van der Waals surface area contributed by atoms with Gasteiger partial charge in [-0.1, -0.05) is 6.07 Å². The van der Waals surface area contributed by atoms with Crippen molar-refractivity contribution in [1.82, 2.24) is 20.2 Å². The fourth-order valence-corrected chi connectivity index (χ4v) is 5.34. The average molecular weight is 500 g/mol. The van der Waals surface area contributed by atoms with Gasteiger partial charge in [0.2, 0.25) is 11.8 Å². The van der Waals surface area contributed by atoms with Gasteiger partial charge in [0, 0.05) is 57.2 Å². The number of aromatic nitrogens is 4. The number of halogens is 1. The molecule has 10 nitrogen and oxygen atoms in total. The van der Waals surface area contributed by atoms with Gasteiger partial charge in [0.05, 0.1) is 23.1 Å². The van der Waals surface area contributed by atoms with Gasteiger partial charge in [0.25, 0.3) is 0 Å². The number of anilines is 4. The zero-order valence-electron chi connectivity index (χ0n) is 19.3. The van der Waals surface area contributed by atoms with Crippen LogP contribution in [-0.2, 0) is 22.0 Å². The number of rotatable bonds is 8. The van der Waals surface area contributed by atoms with Crippen LogP contribution in [0.15, 0.2) is 41.3 Å². The van der Waals surface area contributed by atoms with E-state index < -0.39 is 10.8 Å². The molecule has 1 unspecified atom stereocenters. The number of nitrogens with one attached hydrogen (secondary N) is 1. The van der Waals surface area contributed by atoms with E-state index in [2.05, 4.69) is 25.3 Å². The molecular weight excluding hydrogens is 473 g/mol. The molecule has 0 aliphatic carbocycles. The Hall–Kier alpha value is -3.38. The van der Waals surface area contributed by atoms with Crippen molar-refractivity contribution in [3.63, 3.8) is 0 Å². The molecular formula is C23H26FN7O3S. The number of fused-ring (bicyclic) bond motifs is 1. The van der Waals surface area contributed by atoms with Crippen LogP contribution in [0.5, 0.6) is 5.88 Å². The summed E-state index contributed by atoms with van der Waals surface area (Å²) < 4.78 is 36.7. The second kappa shape index (κ2) is 10.5. The highest BCUT2D eigenvalue weighted by molar-refractivity contribution is 7.85. The number of hydrogen-bond donors (Lipinski definition) is 1. The van der Waals surface area contributed by atoms with Crippen LogP contribution in [-0.4, -0.2) is 76.6 Å². The van der Waals surface area contributed by atoms with Gasteiger partial charge in [0.15, 0.2) is 11.6 Å². The van der Waals surface area contributed by atoms with Crippen LogP contribution in [0, 0.1) is 5.82 Å². The Morgan fingerprint density at radius 1 is 1.06 bits per heavy atom. The third-order valence-corrected chi connectivity index (χ3v) is 7.27. The first kappa shape index (κ1) is 23.4. The second-order valence-electron chi connectivity index (χ2n) is 8.13. The van der Waals surface area contributed by atoms with Crippen molar-refractivity contribution in [3.8, 4) is 5.88 Å². The first-order valence-electron chi connectivity index (χ1n) is 11.4. The lowest BCUT2D eigenvalue weighted by molar-refractivity contribution is 0.143. The molecule has 1 saturated heterocycles. The van der Waals surface area contributed by atoms with E-state index in [0.717, 1.165) is 24.6 Å². The third kappa shape index (κ3) is 5.33. The van der Waals surface area contributed by atoms with E-state index in [9.17, 15) is 8.60 Å². The Balaban J connectivity index is 1.28. The number of ether oxygens (including phenoxy) is 2. The third-order valence-electron chi connectivity index (χ3n) is 5.81. The van der Waals surface area contributed by atoms with Gasteiger partial charge < -0.3 is 24.6 Å². The molecule has 1 N–H and O–H groups in total. The molecule has 5 rings (SSSR count). The van der Waals surface area contributed by atoms with Crippen molar-refractivity contribution >= 4 is 34.1 Å². The predicted molar refractivity (Wildman–Crippen MR) is 131 cm³/mol. The van der Waals surface area contributed by atoms with Crippen molar-refractivity contribution in [1.29, 1.82) is 0 Å². The van der Waals surface area contributed by atoms with E-state index in [1.807, 2.05) is 6.07 Å². The lowest BCUT2D eigenvalue weighted by Gasteiger charge is -2.35. The number of piperazine rings is 1. The quantitative estimate of drug-likeness (QED) is 0.464. The molecule has 4 heterocycles. The number of methoxy groups -OCH3 is 1. The van der Waals surface area contributed by atoms with E-state index in [-0.39, 0.29) is 5.82 Å². The van der Waals surface area contributed by atoms with Gasteiger partial charge in [-0.3, -0.25) is 4.21 Å². The molecule has 0 saturated carbocycles. The minimum absolute atomic E-state index is 0.351. The van der Waals surface area contributed by atoms with Crippen molar-refractivity contribution < 1.29 is 18.1 Å². The fraction of sp³-hybridized carbons (Fsp3) is 0.391. The van der Waals surface area contributed by atoms with Crippen LogP contribution >= 0.6 is 0 Å². The lowest BCUT2D eigenvalue weighted by atomic mass is 10.2. The van der Waals surface area contributed by atoms with Crippen molar-refractivity contribution in [2.24, 2.45) is 0 Å². The zero-order valence-corrected chi connectivity index (χ0v) is 20.1. The molecule has 2 aromatic heterocycles. The maximum Gasteiger partial charge on any atom is 0.233 e. The van der Waals surface area contributed by atoms with E-state index in [1.54, 1.807) is 25.3 Å². The number of benzene rings is 1. The minimum Gasteiger partial charge on any atom is -0.474 e. The van der Waals surface area contributed by atoms with Crippen molar-refractivity contribution in [3.05, 3.63) is 47.9 Å². The molecule has 184 valence electrons. The van der Waals surface area contributed by atoms with E-state index in [0.29, 0.717) is 66.7 Å². The standard InChI is InChI=1S/C23H26FN7O3S/c1-33-12-13-34-20-6-5-19(28-29-20)30-8-10-31(11-9-30)23-26-18-7-14-35(32)21(18)22(27-23)25-17-4-2-3-16(24)15-17/h2-6,15H,7-14H2,1H3,(H,25,26,27). The maximum absolute atomic E-state index is 13.7. The molecule has 2 aliphatic rings. The summed E-state index contributed by atoms with van der Waals surface area (Å²) >= 11 is 0. The van der Waals surface area contributed by atoms with Gasteiger partial charge in [0.1, 0.15) is 17.3 Å². The molecule has 1 atom stereocenters. The molecule has 1 fully saturated rings. The van der Waals surface area contributed by atoms with Crippen molar-refractivity contribution in [2.75, 3.05) is 67.4 Å². The van der Waals surface area contributed by atoms with Gasteiger partial charge >= 0.3 is 0 Å². The topological polar surface area (TPSA) is 106 Å². The summed E-state index contributed by atoms with van der Waals surface area (Å²) in [6.07, 6.45) is 0.629. The predicted octanol–water partition coefficient (Wildman–Crippen LogP) is 2.16. The van der Waals surface area contributed by atoms with E-state index in [4.69, 9.17) is 19.4 Å². The lowest BCUT2D eigenvalue weighted by Crippen LogP contribution is -2.47. The number of nitrogens with zero attached hydrogens (tertiary/aromatic N) is 6. The Morgan fingerprint density at radius 2 is 1.89 bits per heavy atom. The average Bonchev–Trinajstić information content (AvgIpc) is 3.26. The molecule has 3 aromatic rings. The summed E-state index contributed by atoms with van der Waals surface area (Å²) in [6, 6.07) is 9.84. The van der Waals surface area contributed by atoms with Crippen LogP contribution in [0.2, 0.25) is 0 Å². The van der Waals surface area contributed by atoms with E-state index >= 15 is 0 Å². The monoisotopic (exact) mass is 499 g/mol. The highest BCUT2D eigenvalue weighted by Crippen LogP contribution is 2.32. The molecule has 1 aromatic carbocycles. The molecule has 0 amide bonds. The zero-order chi connectivity index (χ0) is 24.2. The smallest absolute Gasteiger partial charge is 0.233 e. The highest BCUT2D eigenvalue weighted by atomic mass is 32.2. The van der Waals surface area contributed by atoms with Crippen LogP contribution in [0.3, 0.4) is 0 Å². The van der Waals surface area contributed by atoms with Crippen molar-refractivity contribution in [2.45, 2.75) is 11.3 Å². The Kier molecular flexibility index (Phi) is 7.00. The normalized spacial score (nSPS) is 17.4. The molecule has 0 bridgehead atoms. The summed E-state index contributed by atoms with van der Waals surface area (Å²) in [7, 11) is 0.442. The van der Waals surface area contributed by atoms with Gasteiger partial charge in [-0.25, -0.2) is 9.37 Å². The Labute approximate surface area is 205 Å². The van der Waals surface area contributed by atoms with Crippen LogP contribution < -0.4 is 19.9 Å². The first-order valence-corrected chi connectivity index (χ1v) is 12.7. The fourth-order valence-electron chi connectivity index (χ4n) is 4.04. The summed E-state index contributed by atoms with van der Waals surface area (Å²) in [6.45, 7) is 3.73. The number of aryl methyl sites for hydroxylation is 1. The van der Waals surface area contributed by atoms with Crippen LogP contribution in [0.1, 0.15) is 5.69 Å². The van der Waals surface area contributed by atoms with Gasteiger partial charge in [-0.15, -0.1) is 10.2 Å². The summed E-state index contributed by atoms with van der Waals surface area (Å²) in [4.78, 5) is 14.3. The molecule has 35 heavy (non-hydrogen) atoms.